The minimum Gasteiger partial charge on any atom is -0.507 e. The van der Waals surface area contributed by atoms with Crippen LogP contribution < -0.4 is 5.32 Å². The molecule has 0 fully saturated rings. The summed E-state index contributed by atoms with van der Waals surface area (Å²) in [5.74, 6) is 0.357. The standard InChI is InChI=1S/C18H18N2O/c1-12-8-9-16(13(2)18(12)21)20-11-15-6-3-5-14-7-4-10-19-17(14)15/h3-10,20-21H,11H2,1-2H3. The summed E-state index contributed by atoms with van der Waals surface area (Å²) >= 11 is 0. The molecule has 21 heavy (non-hydrogen) atoms. The molecule has 0 unspecified atom stereocenters. The number of nitrogens with one attached hydrogen (secondary N) is 1. The van der Waals surface area contributed by atoms with Gasteiger partial charge in [-0.15, -0.1) is 0 Å². The topological polar surface area (TPSA) is 45.2 Å². The first kappa shape index (κ1) is 13.4. The highest BCUT2D eigenvalue weighted by molar-refractivity contribution is 5.81. The molecule has 0 amide bonds. The molecule has 2 aromatic carbocycles. The highest BCUT2D eigenvalue weighted by Crippen LogP contribution is 2.28. The number of phenols is 1. The molecular formula is C18H18N2O. The molecule has 3 aromatic rings. The summed E-state index contributed by atoms with van der Waals surface area (Å²) < 4.78 is 0. The summed E-state index contributed by atoms with van der Waals surface area (Å²) in [5.41, 5.74) is 4.88. The number of benzene rings is 2. The summed E-state index contributed by atoms with van der Waals surface area (Å²) in [6.07, 6.45) is 1.81. The van der Waals surface area contributed by atoms with E-state index in [0.29, 0.717) is 12.3 Å². The van der Waals surface area contributed by atoms with Crippen LogP contribution in [0.1, 0.15) is 16.7 Å². The van der Waals surface area contributed by atoms with Gasteiger partial charge >= 0.3 is 0 Å². The maximum Gasteiger partial charge on any atom is 0.123 e. The summed E-state index contributed by atoms with van der Waals surface area (Å²) in [5, 5.41) is 14.5. The van der Waals surface area contributed by atoms with Crippen LogP contribution in [0.15, 0.2) is 48.7 Å². The van der Waals surface area contributed by atoms with Gasteiger partial charge in [0.05, 0.1) is 5.52 Å². The second kappa shape index (κ2) is 5.44. The molecule has 3 nitrogen and oxygen atoms in total. The molecule has 0 spiro atoms. The van der Waals surface area contributed by atoms with Crippen molar-refractivity contribution in [3.63, 3.8) is 0 Å². The van der Waals surface area contributed by atoms with Crippen LogP contribution in [-0.2, 0) is 6.54 Å². The Morgan fingerprint density at radius 3 is 2.71 bits per heavy atom. The molecule has 3 heteroatoms. The lowest BCUT2D eigenvalue weighted by Gasteiger charge is -2.13. The van der Waals surface area contributed by atoms with Crippen LogP contribution in [0.3, 0.4) is 0 Å². The van der Waals surface area contributed by atoms with E-state index in [4.69, 9.17) is 0 Å². The van der Waals surface area contributed by atoms with Crippen molar-refractivity contribution >= 4 is 16.6 Å². The van der Waals surface area contributed by atoms with E-state index in [0.717, 1.165) is 33.3 Å². The second-order valence-electron chi connectivity index (χ2n) is 5.25. The van der Waals surface area contributed by atoms with E-state index in [1.165, 1.54) is 0 Å². The number of aromatic nitrogens is 1. The fourth-order valence-electron chi connectivity index (χ4n) is 2.53. The molecule has 1 aromatic heterocycles. The third-order valence-electron chi connectivity index (χ3n) is 3.82. The molecule has 0 saturated heterocycles. The number of nitrogens with zero attached hydrogens (tertiary/aromatic N) is 1. The van der Waals surface area contributed by atoms with Crippen LogP contribution in [0.5, 0.6) is 5.75 Å². The monoisotopic (exact) mass is 278 g/mol. The van der Waals surface area contributed by atoms with Gasteiger partial charge in [-0.3, -0.25) is 4.98 Å². The summed E-state index contributed by atoms with van der Waals surface area (Å²) in [4.78, 5) is 4.46. The second-order valence-corrected chi connectivity index (χ2v) is 5.25. The molecule has 3 rings (SSSR count). The van der Waals surface area contributed by atoms with Gasteiger partial charge in [0.25, 0.3) is 0 Å². The molecule has 0 radical (unpaired) electrons. The van der Waals surface area contributed by atoms with Crippen molar-refractivity contribution < 1.29 is 5.11 Å². The van der Waals surface area contributed by atoms with E-state index in [1.807, 2.05) is 44.3 Å². The average Bonchev–Trinajstić information content (AvgIpc) is 2.52. The minimum atomic E-state index is 0.357. The van der Waals surface area contributed by atoms with Gasteiger partial charge in [0.1, 0.15) is 5.75 Å². The summed E-state index contributed by atoms with van der Waals surface area (Å²) in [6, 6.07) is 14.1. The van der Waals surface area contributed by atoms with Gasteiger partial charge in [0.2, 0.25) is 0 Å². The molecule has 0 saturated carbocycles. The lowest BCUT2D eigenvalue weighted by molar-refractivity contribution is 0.467. The maximum atomic E-state index is 10.0. The lowest BCUT2D eigenvalue weighted by atomic mass is 10.1. The zero-order valence-corrected chi connectivity index (χ0v) is 12.2. The summed E-state index contributed by atoms with van der Waals surface area (Å²) in [6.45, 7) is 4.50. The van der Waals surface area contributed by atoms with Crippen molar-refractivity contribution in [1.29, 1.82) is 0 Å². The zero-order chi connectivity index (χ0) is 14.8. The van der Waals surface area contributed by atoms with Crippen molar-refractivity contribution in [3.05, 3.63) is 65.4 Å². The largest absolute Gasteiger partial charge is 0.507 e. The lowest BCUT2D eigenvalue weighted by Crippen LogP contribution is -2.02. The third-order valence-corrected chi connectivity index (χ3v) is 3.82. The average molecular weight is 278 g/mol. The van der Waals surface area contributed by atoms with Crippen LogP contribution in [0, 0.1) is 13.8 Å². The van der Waals surface area contributed by atoms with Crippen molar-refractivity contribution in [1.82, 2.24) is 4.98 Å². The number of phenolic OH excluding ortho intramolecular Hbond substituents is 1. The SMILES string of the molecule is Cc1ccc(NCc2cccc3cccnc23)c(C)c1O. The van der Waals surface area contributed by atoms with Gasteiger partial charge in [-0.1, -0.05) is 30.3 Å². The first-order chi connectivity index (χ1) is 10.2. The molecule has 0 aliphatic rings. The van der Waals surface area contributed by atoms with E-state index in [9.17, 15) is 5.11 Å². The highest BCUT2D eigenvalue weighted by atomic mass is 16.3. The fraction of sp³-hybridized carbons (Fsp3) is 0.167. The van der Waals surface area contributed by atoms with Crippen LogP contribution in [0.2, 0.25) is 0 Å². The first-order valence-corrected chi connectivity index (χ1v) is 7.02. The van der Waals surface area contributed by atoms with Gasteiger partial charge in [0, 0.05) is 29.4 Å². The van der Waals surface area contributed by atoms with Gasteiger partial charge in [0.15, 0.2) is 0 Å². The number of pyridine rings is 1. The van der Waals surface area contributed by atoms with Crippen molar-refractivity contribution in [3.8, 4) is 5.75 Å². The number of aryl methyl sites for hydroxylation is 1. The number of rotatable bonds is 3. The Morgan fingerprint density at radius 1 is 1.05 bits per heavy atom. The zero-order valence-electron chi connectivity index (χ0n) is 12.2. The molecule has 2 N–H and O–H groups in total. The van der Waals surface area contributed by atoms with Crippen molar-refractivity contribution in [2.24, 2.45) is 0 Å². The first-order valence-electron chi connectivity index (χ1n) is 7.02. The number of anilines is 1. The maximum absolute atomic E-state index is 10.0. The van der Waals surface area contributed by atoms with E-state index < -0.39 is 0 Å². The summed E-state index contributed by atoms with van der Waals surface area (Å²) in [7, 11) is 0. The molecular weight excluding hydrogens is 260 g/mol. The van der Waals surface area contributed by atoms with E-state index in [-0.39, 0.29) is 0 Å². The van der Waals surface area contributed by atoms with Gasteiger partial charge in [-0.2, -0.15) is 0 Å². The van der Waals surface area contributed by atoms with Gasteiger partial charge < -0.3 is 10.4 Å². The number of para-hydroxylation sites is 1. The normalized spacial score (nSPS) is 10.8. The third kappa shape index (κ3) is 2.55. The van der Waals surface area contributed by atoms with E-state index in [1.54, 1.807) is 0 Å². The van der Waals surface area contributed by atoms with Crippen LogP contribution in [-0.4, -0.2) is 10.1 Å². The van der Waals surface area contributed by atoms with Crippen LogP contribution >= 0.6 is 0 Å². The Bertz CT molecular complexity index is 791. The highest BCUT2D eigenvalue weighted by Gasteiger charge is 2.07. The molecule has 0 atom stereocenters. The number of aromatic hydroxyl groups is 1. The fourth-order valence-corrected chi connectivity index (χ4v) is 2.53. The van der Waals surface area contributed by atoms with E-state index in [2.05, 4.69) is 28.5 Å². The Balaban J connectivity index is 1.89. The molecule has 0 aliphatic carbocycles. The smallest absolute Gasteiger partial charge is 0.123 e. The van der Waals surface area contributed by atoms with Gasteiger partial charge in [-0.25, -0.2) is 0 Å². The number of hydrogen-bond acceptors (Lipinski definition) is 3. The van der Waals surface area contributed by atoms with Crippen molar-refractivity contribution in [2.75, 3.05) is 5.32 Å². The molecule has 1 heterocycles. The van der Waals surface area contributed by atoms with Gasteiger partial charge in [-0.05, 0) is 37.1 Å². The Morgan fingerprint density at radius 2 is 1.86 bits per heavy atom. The molecule has 106 valence electrons. The minimum absolute atomic E-state index is 0.357. The van der Waals surface area contributed by atoms with E-state index >= 15 is 0 Å². The predicted molar refractivity (Wildman–Crippen MR) is 86.7 cm³/mol. The number of fused-ring (bicyclic) bond motifs is 1. The Kier molecular flexibility index (Phi) is 3.48. The Hall–Kier alpha value is -2.55. The van der Waals surface area contributed by atoms with Crippen molar-refractivity contribution in [2.45, 2.75) is 20.4 Å². The molecule has 0 aliphatic heterocycles. The molecule has 0 bridgehead atoms. The quantitative estimate of drug-likeness (QED) is 0.755. The predicted octanol–water partition coefficient (Wildman–Crippen LogP) is 4.17. The Labute approximate surface area is 124 Å². The number of hydrogen-bond donors (Lipinski definition) is 2. The van der Waals surface area contributed by atoms with Crippen LogP contribution in [0.25, 0.3) is 10.9 Å². The van der Waals surface area contributed by atoms with Crippen LogP contribution in [0.4, 0.5) is 5.69 Å².